The number of hydrogen-bond acceptors (Lipinski definition) is 6. The van der Waals surface area contributed by atoms with Crippen LogP contribution < -0.4 is 4.74 Å². The first-order valence-electron chi connectivity index (χ1n) is 10.7. The quantitative estimate of drug-likeness (QED) is 0.192. The summed E-state index contributed by atoms with van der Waals surface area (Å²) in [4.78, 5) is 38.3. The van der Waals surface area contributed by atoms with E-state index in [-0.39, 0.29) is 11.5 Å². The van der Waals surface area contributed by atoms with E-state index in [1.807, 2.05) is 30.3 Å². The first-order valence-corrected chi connectivity index (χ1v) is 12.6. The van der Waals surface area contributed by atoms with Crippen molar-refractivity contribution in [3.63, 3.8) is 0 Å². The maximum atomic E-state index is 12.8. The molecule has 0 radical (unpaired) electrons. The molecule has 1 heterocycles. The molecule has 34 heavy (non-hydrogen) atoms. The lowest BCUT2D eigenvalue weighted by atomic mass is 10.1. The first-order chi connectivity index (χ1) is 16.4. The molecule has 0 aliphatic carbocycles. The smallest absolute Gasteiger partial charge is 0.329 e. The minimum atomic E-state index is -0.968. The van der Waals surface area contributed by atoms with Crippen LogP contribution in [0.5, 0.6) is 5.75 Å². The molecule has 4 rings (SSSR count). The van der Waals surface area contributed by atoms with Crippen LogP contribution in [0.15, 0.2) is 65.6 Å². The summed E-state index contributed by atoms with van der Waals surface area (Å²) in [6.45, 7) is 3.78. The second kappa shape index (κ2) is 10.6. The normalized spacial score (nSPS) is 15.7. The molecule has 8 heteroatoms. The number of nitrogens with zero attached hydrogens (tertiary/aromatic N) is 1. The Labute approximate surface area is 215 Å². The Balaban J connectivity index is 1.45. The van der Waals surface area contributed by atoms with Crippen LogP contribution >= 0.6 is 34.4 Å². The second-order valence-electron chi connectivity index (χ2n) is 7.64. The van der Waals surface area contributed by atoms with Gasteiger partial charge in [0.15, 0.2) is 0 Å². The number of rotatable bonds is 7. The Bertz CT molecular complexity index is 1310. The molecule has 1 fully saturated rings. The van der Waals surface area contributed by atoms with Crippen molar-refractivity contribution in [3.8, 4) is 5.75 Å². The third-order valence-corrected chi connectivity index (χ3v) is 7.03. The molecule has 3 aromatic carbocycles. The summed E-state index contributed by atoms with van der Waals surface area (Å²) in [5.41, 5.74) is 1.83. The number of carbonyl (C=O) groups excluding carboxylic acids is 3. The minimum absolute atomic E-state index is 0.183. The number of thioether (sulfide) groups is 1. The molecule has 174 valence electrons. The van der Waals surface area contributed by atoms with E-state index in [0.717, 1.165) is 37.1 Å². The molecule has 2 amide bonds. The molecule has 0 unspecified atom stereocenters. The minimum Gasteiger partial charge on any atom is -0.488 e. The van der Waals surface area contributed by atoms with Gasteiger partial charge in [-0.15, -0.1) is 0 Å². The Morgan fingerprint density at radius 2 is 1.85 bits per heavy atom. The van der Waals surface area contributed by atoms with Crippen molar-refractivity contribution < 1.29 is 23.9 Å². The Morgan fingerprint density at radius 1 is 1.09 bits per heavy atom. The molecule has 1 aliphatic heterocycles. The van der Waals surface area contributed by atoms with Gasteiger partial charge in [0.1, 0.15) is 18.4 Å². The predicted molar refractivity (Wildman–Crippen MR) is 141 cm³/mol. The monoisotopic (exact) mass is 587 g/mol. The van der Waals surface area contributed by atoms with Crippen molar-refractivity contribution in [3.05, 3.63) is 80.3 Å². The van der Waals surface area contributed by atoms with Gasteiger partial charge in [-0.2, -0.15) is 0 Å². The highest BCUT2D eigenvalue weighted by atomic mass is 127. The number of fused-ring (bicyclic) bond motifs is 1. The van der Waals surface area contributed by atoms with E-state index < -0.39 is 23.2 Å². The molecule has 1 aliphatic rings. The summed E-state index contributed by atoms with van der Waals surface area (Å²) < 4.78 is 11.8. The second-order valence-corrected chi connectivity index (χ2v) is 9.80. The number of esters is 1. The first kappa shape index (κ1) is 24.3. The van der Waals surface area contributed by atoms with Gasteiger partial charge < -0.3 is 9.47 Å². The molecule has 0 saturated carbocycles. The van der Waals surface area contributed by atoms with Gasteiger partial charge in [-0.1, -0.05) is 42.5 Å². The Hall–Kier alpha value is -2.85. The van der Waals surface area contributed by atoms with Crippen LogP contribution in [0, 0.1) is 3.57 Å². The van der Waals surface area contributed by atoms with Crippen molar-refractivity contribution in [1.82, 2.24) is 4.90 Å². The number of imide groups is 1. The van der Waals surface area contributed by atoms with Gasteiger partial charge in [-0.3, -0.25) is 14.5 Å². The van der Waals surface area contributed by atoms with E-state index in [9.17, 15) is 14.4 Å². The number of halogens is 1. The van der Waals surface area contributed by atoms with E-state index in [1.54, 1.807) is 13.0 Å². The lowest BCUT2D eigenvalue weighted by molar-refractivity contribution is -0.150. The highest BCUT2D eigenvalue weighted by Gasteiger charge is 2.41. The van der Waals surface area contributed by atoms with E-state index in [1.165, 1.54) is 17.7 Å². The van der Waals surface area contributed by atoms with Crippen LogP contribution in [0.3, 0.4) is 0 Å². The molecule has 1 saturated heterocycles. The average Bonchev–Trinajstić information content (AvgIpc) is 3.10. The topological polar surface area (TPSA) is 72.9 Å². The molecule has 0 aromatic heterocycles. The maximum absolute atomic E-state index is 12.8. The SMILES string of the molecule is CCOC(=O)[C@H](C)N1C(=O)S/C(=C/c2ccc(OCc3ccc4ccccc4c3)c(I)c2)C1=O. The highest BCUT2D eigenvalue weighted by Crippen LogP contribution is 2.34. The fourth-order valence-corrected chi connectivity index (χ4v) is 5.15. The number of carbonyl (C=O) groups is 3. The van der Waals surface area contributed by atoms with Gasteiger partial charge in [-0.05, 0) is 94.4 Å². The maximum Gasteiger partial charge on any atom is 0.329 e. The van der Waals surface area contributed by atoms with E-state index in [4.69, 9.17) is 9.47 Å². The van der Waals surface area contributed by atoms with E-state index in [2.05, 4.69) is 52.9 Å². The zero-order chi connectivity index (χ0) is 24.2. The van der Waals surface area contributed by atoms with Crippen molar-refractivity contribution >= 4 is 68.3 Å². The number of ether oxygens (including phenoxy) is 2. The van der Waals surface area contributed by atoms with E-state index in [0.29, 0.717) is 6.61 Å². The van der Waals surface area contributed by atoms with Gasteiger partial charge in [0.25, 0.3) is 11.1 Å². The van der Waals surface area contributed by atoms with Crippen molar-refractivity contribution in [2.45, 2.75) is 26.5 Å². The molecule has 3 aromatic rings. The lowest BCUT2D eigenvalue weighted by Gasteiger charge is -2.19. The van der Waals surface area contributed by atoms with E-state index >= 15 is 0 Å². The summed E-state index contributed by atoms with van der Waals surface area (Å²) in [7, 11) is 0. The average molecular weight is 587 g/mol. The fourth-order valence-electron chi connectivity index (χ4n) is 3.55. The van der Waals surface area contributed by atoms with Gasteiger partial charge >= 0.3 is 5.97 Å². The van der Waals surface area contributed by atoms with Crippen LogP contribution in [0.4, 0.5) is 4.79 Å². The fraction of sp³-hybridized carbons (Fsp3) is 0.192. The molecule has 6 nitrogen and oxygen atoms in total. The van der Waals surface area contributed by atoms with Crippen LogP contribution in [-0.2, 0) is 20.9 Å². The zero-order valence-electron chi connectivity index (χ0n) is 18.6. The summed E-state index contributed by atoms with van der Waals surface area (Å²) in [5.74, 6) is -0.370. The zero-order valence-corrected chi connectivity index (χ0v) is 21.6. The van der Waals surface area contributed by atoms with Gasteiger partial charge in [0.2, 0.25) is 0 Å². The summed E-state index contributed by atoms with van der Waals surface area (Å²) in [6.07, 6.45) is 1.65. The number of amides is 2. The lowest BCUT2D eigenvalue weighted by Crippen LogP contribution is -2.42. The summed E-state index contributed by atoms with van der Waals surface area (Å²) >= 11 is 3.00. The standard InChI is InChI=1S/C26H22INO5S/c1-3-32-25(30)16(2)28-24(29)23(34-26(28)31)14-17-9-11-22(21(27)13-17)33-15-18-8-10-19-6-4-5-7-20(19)12-18/h4-14,16H,3,15H2,1-2H3/b23-14+/t16-/m0/s1. The van der Waals surface area contributed by atoms with Crippen LogP contribution in [0.2, 0.25) is 0 Å². The highest BCUT2D eigenvalue weighted by molar-refractivity contribution is 14.1. The van der Waals surface area contributed by atoms with Crippen LogP contribution in [0.1, 0.15) is 25.0 Å². The van der Waals surface area contributed by atoms with Gasteiger partial charge in [0.05, 0.1) is 15.1 Å². The van der Waals surface area contributed by atoms with Crippen molar-refractivity contribution in [2.24, 2.45) is 0 Å². The third kappa shape index (κ3) is 5.28. The van der Waals surface area contributed by atoms with Crippen molar-refractivity contribution in [2.75, 3.05) is 6.61 Å². The van der Waals surface area contributed by atoms with Crippen LogP contribution in [-0.4, -0.2) is 34.7 Å². The molecule has 1 atom stereocenters. The third-order valence-electron chi connectivity index (χ3n) is 5.30. The molecule has 0 bridgehead atoms. The molecular weight excluding hydrogens is 565 g/mol. The molecule has 0 spiro atoms. The Morgan fingerprint density at radius 3 is 2.59 bits per heavy atom. The Kier molecular flexibility index (Phi) is 7.57. The number of benzene rings is 3. The van der Waals surface area contributed by atoms with Crippen LogP contribution in [0.25, 0.3) is 16.8 Å². The largest absolute Gasteiger partial charge is 0.488 e. The van der Waals surface area contributed by atoms with Gasteiger partial charge in [-0.25, -0.2) is 4.79 Å². The molecule has 0 N–H and O–H groups in total. The number of hydrogen-bond donors (Lipinski definition) is 0. The molecular formula is C26H22INO5S. The predicted octanol–water partition coefficient (Wildman–Crippen LogP) is 6.01. The summed E-state index contributed by atoms with van der Waals surface area (Å²) in [6, 6.07) is 19.0. The van der Waals surface area contributed by atoms with Crippen molar-refractivity contribution in [1.29, 1.82) is 0 Å². The summed E-state index contributed by atoms with van der Waals surface area (Å²) in [5, 5.41) is 1.87. The van der Waals surface area contributed by atoms with Gasteiger partial charge in [0, 0.05) is 0 Å².